The molecule has 1 amide bonds. The molecule has 1 aromatic heterocycles. The minimum absolute atomic E-state index is 0.272. The third kappa shape index (κ3) is 2.75. The van der Waals surface area contributed by atoms with E-state index in [1.165, 1.54) is 6.20 Å². The third-order valence-corrected chi connectivity index (χ3v) is 2.79. The van der Waals surface area contributed by atoms with Gasteiger partial charge in [-0.2, -0.15) is 5.26 Å². The van der Waals surface area contributed by atoms with E-state index in [1.807, 2.05) is 37.2 Å². The van der Waals surface area contributed by atoms with Crippen LogP contribution in [0.15, 0.2) is 42.6 Å². The summed E-state index contributed by atoms with van der Waals surface area (Å²) in [5, 5.41) is 11.7. The summed E-state index contributed by atoms with van der Waals surface area (Å²) in [4.78, 5) is 18.2. The Morgan fingerprint density at radius 1 is 1.25 bits per heavy atom. The quantitative estimate of drug-likeness (QED) is 0.925. The van der Waals surface area contributed by atoms with Crippen molar-refractivity contribution in [1.29, 1.82) is 5.26 Å². The Morgan fingerprint density at radius 2 is 2.00 bits per heavy atom. The van der Waals surface area contributed by atoms with E-state index in [-0.39, 0.29) is 11.7 Å². The van der Waals surface area contributed by atoms with E-state index in [9.17, 15) is 4.79 Å². The van der Waals surface area contributed by atoms with Crippen molar-refractivity contribution in [1.82, 2.24) is 4.98 Å². The topological polar surface area (TPSA) is 69.0 Å². The molecule has 1 heterocycles. The lowest BCUT2D eigenvalue weighted by molar-refractivity contribution is 0.102. The van der Waals surface area contributed by atoms with Gasteiger partial charge in [0.25, 0.3) is 5.91 Å². The fourth-order valence-corrected chi connectivity index (χ4v) is 1.83. The highest BCUT2D eigenvalue weighted by molar-refractivity contribution is 6.08. The van der Waals surface area contributed by atoms with Crippen LogP contribution in [0.4, 0.5) is 11.5 Å². The Morgan fingerprint density at radius 3 is 2.70 bits per heavy atom. The zero-order chi connectivity index (χ0) is 14.5. The first-order valence-electron chi connectivity index (χ1n) is 6.06. The van der Waals surface area contributed by atoms with Crippen LogP contribution in [0.25, 0.3) is 0 Å². The van der Waals surface area contributed by atoms with E-state index >= 15 is 0 Å². The number of carbonyl (C=O) groups is 1. The van der Waals surface area contributed by atoms with Crippen LogP contribution in [0.1, 0.15) is 15.9 Å². The molecule has 0 atom stereocenters. The summed E-state index contributed by atoms with van der Waals surface area (Å²) in [5.41, 5.74) is 1.68. The molecule has 5 nitrogen and oxygen atoms in total. The number of hydrogen-bond donors (Lipinski definition) is 1. The summed E-state index contributed by atoms with van der Waals surface area (Å²) < 4.78 is 0. The summed E-state index contributed by atoms with van der Waals surface area (Å²) in [7, 11) is 3.74. The molecule has 0 saturated carbocycles. The summed E-state index contributed by atoms with van der Waals surface area (Å²) in [6, 6.07) is 12.5. The molecule has 1 N–H and O–H groups in total. The van der Waals surface area contributed by atoms with Crippen LogP contribution in [-0.4, -0.2) is 25.0 Å². The average molecular weight is 266 g/mol. The number of nitrogens with one attached hydrogen (secondary N) is 1. The number of nitriles is 1. The Labute approximate surface area is 117 Å². The van der Waals surface area contributed by atoms with Crippen molar-refractivity contribution in [2.75, 3.05) is 24.3 Å². The van der Waals surface area contributed by atoms with Crippen LogP contribution in [0.2, 0.25) is 0 Å². The van der Waals surface area contributed by atoms with E-state index in [0.29, 0.717) is 11.1 Å². The smallest absolute Gasteiger partial charge is 0.258 e. The van der Waals surface area contributed by atoms with Crippen LogP contribution in [0, 0.1) is 11.3 Å². The van der Waals surface area contributed by atoms with E-state index < -0.39 is 0 Å². The van der Waals surface area contributed by atoms with Gasteiger partial charge < -0.3 is 10.2 Å². The van der Waals surface area contributed by atoms with E-state index in [4.69, 9.17) is 5.26 Å². The molecule has 0 saturated heterocycles. The van der Waals surface area contributed by atoms with Crippen LogP contribution in [-0.2, 0) is 0 Å². The number of amides is 1. The number of benzene rings is 1. The minimum atomic E-state index is -0.288. The molecular weight excluding hydrogens is 252 g/mol. The van der Waals surface area contributed by atoms with Crippen LogP contribution < -0.4 is 10.2 Å². The van der Waals surface area contributed by atoms with Crippen molar-refractivity contribution in [2.45, 2.75) is 0 Å². The first-order valence-corrected chi connectivity index (χ1v) is 6.06. The highest BCUT2D eigenvalue weighted by atomic mass is 16.1. The van der Waals surface area contributed by atoms with Crippen molar-refractivity contribution in [3.05, 3.63) is 53.7 Å². The lowest BCUT2D eigenvalue weighted by atomic mass is 10.1. The lowest BCUT2D eigenvalue weighted by Crippen LogP contribution is -2.19. The van der Waals surface area contributed by atoms with E-state index in [0.717, 1.165) is 5.69 Å². The molecule has 0 aliphatic carbocycles. The summed E-state index contributed by atoms with van der Waals surface area (Å²) in [6.07, 6.45) is 1.54. The average Bonchev–Trinajstić information content (AvgIpc) is 2.47. The fourth-order valence-electron chi connectivity index (χ4n) is 1.83. The van der Waals surface area contributed by atoms with Gasteiger partial charge in [-0.05, 0) is 24.3 Å². The first kappa shape index (κ1) is 13.6. The van der Waals surface area contributed by atoms with Crippen molar-refractivity contribution >= 4 is 17.4 Å². The Hall–Kier alpha value is -2.87. The molecule has 0 spiro atoms. The maximum absolute atomic E-state index is 12.3. The van der Waals surface area contributed by atoms with Gasteiger partial charge in [0, 0.05) is 26.0 Å². The van der Waals surface area contributed by atoms with E-state index in [1.54, 1.807) is 24.3 Å². The summed E-state index contributed by atoms with van der Waals surface area (Å²) in [6.45, 7) is 0. The van der Waals surface area contributed by atoms with Crippen molar-refractivity contribution in [2.24, 2.45) is 0 Å². The van der Waals surface area contributed by atoms with Gasteiger partial charge in [0.2, 0.25) is 0 Å². The first-order chi connectivity index (χ1) is 9.63. The van der Waals surface area contributed by atoms with Gasteiger partial charge in [0.15, 0.2) is 5.82 Å². The van der Waals surface area contributed by atoms with Crippen LogP contribution in [0.5, 0.6) is 0 Å². The molecule has 0 radical (unpaired) electrons. The number of para-hydroxylation sites is 1. The largest absolute Gasteiger partial charge is 0.377 e. The number of carbonyl (C=O) groups excluding carboxylic acids is 1. The second kappa shape index (κ2) is 5.85. The molecule has 2 rings (SSSR count). The molecule has 2 aromatic rings. The molecular formula is C15H14N4O. The Bertz CT molecular complexity index is 674. The normalized spacial score (nSPS) is 9.65. The second-order valence-electron chi connectivity index (χ2n) is 4.38. The Kier molecular flexibility index (Phi) is 3.96. The molecule has 0 bridgehead atoms. The SMILES string of the molecule is CN(C)c1ccccc1C(=O)Nc1ncccc1C#N. The van der Waals surface area contributed by atoms with E-state index in [2.05, 4.69) is 10.3 Å². The molecule has 100 valence electrons. The predicted octanol–water partition coefficient (Wildman–Crippen LogP) is 2.27. The van der Waals surface area contributed by atoms with Gasteiger partial charge >= 0.3 is 0 Å². The molecule has 0 unspecified atom stereocenters. The molecule has 0 aliphatic heterocycles. The maximum atomic E-state index is 12.3. The fraction of sp³-hybridized carbons (Fsp3) is 0.133. The lowest BCUT2D eigenvalue weighted by Gasteiger charge is -2.16. The molecule has 0 fully saturated rings. The summed E-state index contributed by atoms with van der Waals surface area (Å²) in [5.74, 6) is -0.0157. The maximum Gasteiger partial charge on any atom is 0.258 e. The Balaban J connectivity index is 2.32. The van der Waals surface area contributed by atoms with Gasteiger partial charge in [0.05, 0.1) is 11.1 Å². The number of aromatic nitrogens is 1. The van der Waals surface area contributed by atoms with Gasteiger partial charge in [-0.15, -0.1) is 0 Å². The third-order valence-electron chi connectivity index (χ3n) is 2.79. The zero-order valence-electron chi connectivity index (χ0n) is 11.3. The zero-order valence-corrected chi connectivity index (χ0v) is 11.3. The second-order valence-corrected chi connectivity index (χ2v) is 4.38. The number of anilines is 2. The highest BCUT2D eigenvalue weighted by Crippen LogP contribution is 2.20. The molecule has 0 aliphatic rings. The summed E-state index contributed by atoms with van der Waals surface area (Å²) >= 11 is 0. The van der Waals surface area contributed by atoms with Crippen molar-refractivity contribution < 1.29 is 4.79 Å². The highest BCUT2D eigenvalue weighted by Gasteiger charge is 2.14. The van der Waals surface area contributed by atoms with Crippen molar-refractivity contribution in [3.63, 3.8) is 0 Å². The number of rotatable bonds is 3. The minimum Gasteiger partial charge on any atom is -0.377 e. The van der Waals surface area contributed by atoms with Crippen molar-refractivity contribution in [3.8, 4) is 6.07 Å². The molecule has 1 aromatic carbocycles. The van der Waals surface area contributed by atoms with Gasteiger partial charge in [-0.1, -0.05) is 12.1 Å². The van der Waals surface area contributed by atoms with Gasteiger partial charge in [0.1, 0.15) is 6.07 Å². The number of pyridine rings is 1. The number of hydrogen-bond acceptors (Lipinski definition) is 4. The molecule has 20 heavy (non-hydrogen) atoms. The standard InChI is InChI=1S/C15H14N4O/c1-19(2)13-8-4-3-7-12(13)15(20)18-14-11(10-16)6-5-9-17-14/h3-9H,1-2H3,(H,17,18,20). The van der Waals surface area contributed by atoms with Crippen LogP contribution >= 0.6 is 0 Å². The van der Waals surface area contributed by atoms with Gasteiger partial charge in [-0.25, -0.2) is 4.98 Å². The number of nitrogens with zero attached hydrogens (tertiary/aromatic N) is 3. The predicted molar refractivity (Wildman–Crippen MR) is 77.7 cm³/mol. The monoisotopic (exact) mass is 266 g/mol. The molecule has 5 heteroatoms. The van der Waals surface area contributed by atoms with Crippen LogP contribution in [0.3, 0.4) is 0 Å². The van der Waals surface area contributed by atoms with Gasteiger partial charge in [-0.3, -0.25) is 4.79 Å².